The molecule has 0 radical (unpaired) electrons. The van der Waals surface area contributed by atoms with Crippen LogP contribution >= 0.6 is 0 Å². The maximum Gasteiger partial charge on any atom is 0.252 e. The number of aryl methyl sites for hydroxylation is 2. The molecular formula is C18H16FNO. The highest BCUT2D eigenvalue weighted by Crippen LogP contribution is 2.09. The van der Waals surface area contributed by atoms with E-state index in [1.807, 2.05) is 26.0 Å². The van der Waals surface area contributed by atoms with Crippen LogP contribution in [-0.2, 0) is 0 Å². The molecule has 2 aromatic rings. The van der Waals surface area contributed by atoms with Gasteiger partial charge in [-0.05, 0) is 61.4 Å². The van der Waals surface area contributed by atoms with E-state index in [0.29, 0.717) is 5.56 Å². The van der Waals surface area contributed by atoms with Gasteiger partial charge in [0.15, 0.2) is 0 Å². The summed E-state index contributed by atoms with van der Waals surface area (Å²) >= 11 is 0. The Bertz CT molecular complexity index is 708. The summed E-state index contributed by atoms with van der Waals surface area (Å²) in [7, 11) is 0. The van der Waals surface area contributed by atoms with E-state index in [1.54, 1.807) is 18.2 Å². The fourth-order valence-electron chi connectivity index (χ4n) is 1.79. The zero-order valence-corrected chi connectivity index (χ0v) is 12.0. The van der Waals surface area contributed by atoms with Crippen molar-refractivity contribution in [3.05, 3.63) is 70.5 Å². The fourth-order valence-corrected chi connectivity index (χ4v) is 1.79. The minimum Gasteiger partial charge on any atom is -0.341 e. The molecule has 3 heteroatoms. The van der Waals surface area contributed by atoms with Gasteiger partial charge in [-0.25, -0.2) is 4.39 Å². The number of benzene rings is 2. The Labute approximate surface area is 124 Å². The van der Waals surface area contributed by atoms with E-state index in [9.17, 15) is 9.18 Å². The number of amides is 1. The van der Waals surface area contributed by atoms with Crippen LogP contribution in [0.2, 0.25) is 0 Å². The Morgan fingerprint density at radius 2 is 1.81 bits per heavy atom. The molecule has 0 atom stereocenters. The third-order valence-electron chi connectivity index (χ3n) is 3.18. The van der Waals surface area contributed by atoms with Crippen LogP contribution in [0.25, 0.3) is 0 Å². The summed E-state index contributed by atoms with van der Waals surface area (Å²) in [6.45, 7) is 4.23. The molecule has 2 rings (SSSR count). The Balaban J connectivity index is 1.93. The Morgan fingerprint density at radius 1 is 1.10 bits per heavy atom. The molecule has 2 aromatic carbocycles. The van der Waals surface area contributed by atoms with Gasteiger partial charge in [-0.15, -0.1) is 0 Å². The predicted octanol–water partition coefficient (Wildman–Crippen LogP) is 3.22. The minimum absolute atomic E-state index is 0.147. The lowest BCUT2D eigenvalue weighted by Crippen LogP contribution is -2.23. The van der Waals surface area contributed by atoms with E-state index in [4.69, 9.17) is 0 Å². The highest BCUT2D eigenvalue weighted by atomic mass is 19.1. The van der Waals surface area contributed by atoms with Crippen LogP contribution in [0.1, 0.15) is 27.0 Å². The fraction of sp³-hybridized carbons (Fsp3) is 0.167. The molecule has 106 valence electrons. The predicted molar refractivity (Wildman–Crippen MR) is 81.5 cm³/mol. The molecule has 0 fully saturated rings. The second-order valence-corrected chi connectivity index (χ2v) is 4.79. The smallest absolute Gasteiger partial charge is 0.252 e. The van der Waals surface area contributed by atoms with Crippen molar-refractivity contribution in [1.82, 2.24) is 5.32 Å². The number of carbonyl (C=O) groups is 1. The molecule has 0 unspecified atom stereocenters. The van der Waals surface area contributed by atoms with Crippen molar-refractivity contribution >= 4 is 5.91 Å². The summed E-state index contributed by atoms with van der Waals surface area (Å²) in [4.78, 5) is 11.9. The van der Waals surface area contributed by atoms with Gasteiger partial charge in [0, 0.05) is 11.1 Å². The molecule has 0 saturated heterocycles. The molecule has 0 saturated carbocycles. The molecule has 0 aliphatic carbocycles. The summed E-state index contributed by atoms with van der Waals surface area (Å²) in [5.41, 5.74) is 3.58. The number of rotatable bonds is 2. The van der Waals surface area contributed by atoms with E-state index in [2.05, 4.69) is 17.2 Å². The number of halogens is 1. The topological polar surface area (TPSA) is 29.1 Å². The average Bonchev–Trinajstić information content (AvgIpc) is 2.48. The lowest BCUT2D eigenvalue weighted by molar-refractivity contribution is 0.0958. The van der Waals surface area contributed by atoms with Crippen molar-refractivity contribution in [3.63, 3.8) is 0 Å². The molecule has 2 nitrogen and oxygen atoms in total. The van der Waals surface area contributed by atoms with Gasteiger partial charge in [0.1, 0.15) is 5.82 Å². The van der Waals surface area contributed by atoms with Crippen LogP contribution in [0.3, 0.4) is 0 Å². The van der Waals surface area contributed by atoms with Crippen LogP contribution < -0.4 is 5.32 Å². The standard InChI is InChI=1S/C18H16FNO/c1-13-5-8-16(12-14(13)2)18(21)20-11-3-4-15-6-9-17(19)10-7-15/h5-10,12H,11H2,1-2H3,(H,20,21). The minimum atomic E-state index is -0.288. The average molecular weight is 281 g/mol. The molecule has 0 aromatic heterocycles. The second-order valence-electron chi connectivity index (χ2n) is 4.79. The number of nitrogens with one attached hydrogen (secondary N) is 1. The van der Waals surface area contributed by atoms with Crippen LogP contribution in [0, 0.1) is 31.5 Å². The zero-order chi connectivity index (χ0) is 15.2. The van der Waals surface area contributed by atoms with Crippen LogP contribution in [0.5, 0.6) is 0 Å². The number of carbonyl (C=O) groups excluding carboxylic acids is 1. The number of hydrogen-bond donors (Lipinski definition) is 1. The summed E-state index contributed by atoms with van der Waals surface area (Å²) < 4.78 is 12.7. The van der Waals surface area contributed by atoms with E-state index >= 15 is 0 Å². The molecule has 0 bridgehead atoms. The van der Waals surface area contributed by atoms with Crippen molar-refractivity contribution in [2.75, 3.05) is 6.54 Å². The zero-order valence-electron chi connectivity index (χ0n) is 12.0. The highest BCUT2D eigenvalue weighted by Gasteiger charge is 2.04. The van der Waals surface area contributed by atoms with E-state index < -0.39 is 0 Å². The van der Waals surface area contributed by atoms with Crippen molar-refractivity contribution in [2.24, 2.45) is 0 Å². The molecule has 0 spiro atoms. The SMILES string of the molecule is Cc1ccc(C(=O)NCC#Cc2ccc(F)cc2)cc1C. The normalized spacial score (nSPS) is 9.67. The van der Waals surface area contributed by atoms with Gasteiger partial charge in [-0.1, -0.05) is 17.9 Å². The molecule has 0 aliphatic rings. The molecule has 0 aliphatic heterocycles. The van der Waals surface area contributed by atoms with Gasteiger partial charge in [-0.3, -0.25) is 4.79 Å². The Kier molecular flexibility index (Phi) is 4.73. The van der Waals surface area contributed by atoms with Crippen molar-refractivity contribution in [1.29, 1.82) is 0 Å². The van der Waals surface area contributed by atoms with E-state index in [1.165, 1.54) is 12.1 Å². The van der Waals surface area contributed by atoms with Crippen molar-refractivity contribution < 1.29 is 9.18 Å². The van der Waals surface area contributed by atoms with E-state index in [-0.39, 0.29) is 18.3 Å². The maximum atomic E-state index is 12.7. The van der Waals surface area contributed by atoms with Gasteiger partial charge >= 0.3 is 0 Å². The lowest BCUT2D eigenvalue weighted by atomic mass is 10.1. The molecule has 1 amide bonds. The number of hydrogen-bond acceptors (Lipinski definition) is 1. The first-order valence-corrected chi connectivity index (χ1v) is 6.66. The first kappa shape index (κ1) is 14.8. The van der Waals surface area contributed by atoms with Crippen LogP contribution in [-0.4, -0.2) is 12.5 Å². The summed E-state index contributed by atoms with van der Waals surface area (Å²) in [5, 5.41) is 2.74. The first-order valence-electron chi connectivity index (χ1n) is 6.66. The summed E-state index contributed by atoms with van der Waals surface area (Å²) in [6, 6.07) is 11.5. The van der Waals surface area contributed by atoms with E-state index in [0.717, 1.165) is 16.7 Å². The second kappa shape index (κ2) is 6.71. The summed E-state index contributed by atoms with van der Waals surface area (Å²) in [5.74, 6) is 5.28. The van der Waals surface area contributed by atoms with Gasteiger partial charge in [0.05, 0.1) is 6.54 Å². The van der Waals surface area contributed by atoms with Gasteiger partial charge in [0.25, 0.3) is 5.91 Å². The molecule has 1 N–H and O–H groups in total. The largest absolute Gasteiger partial charge is 0.341 e. The third-order valence-corrected chi connectivity index (χ3v) is 3.18. The third kappa shape index (κ3) is 4.19. The summed E-state index contributed by atoms with van der Waals surface area (Å²) in [6.07, 6.45) is 0. The van der Waals surface area contributed by atoms with Gasteiger partial charge in [0.2, 0.25) is 0 Å². The monoisotopic (exact) mass is 281 g/mol. The van der Waals surface area contributed by atoms with Gasteiger partial charge < -0.3 is 5.32 Å². The first-order chi connectivity index (χ1) is 10.1. The van der Waals surface area contributed by atoms with Crippen LogP contribution in [0.15, 0.2) is 42.5 Å². The Hall–Kier alpha value is -2.60. The molecule has 0 heterocycles. The van der Waals surface area contributed by atoms with Gasteiger partial charge in [-0.2, -0.15) is 0 Å². The lowest BCUT2D eigenvalue weighted by Gasteiger charge is -2.04. The Morgan fingerprint density at radius 3 is 2.48 bits per heavy atom. The highest BCUT2D eigenvalue weighted by molar-refractivity contribution is 5.94. The maximum absolute atomic E-state index is 12.7. The quantitative estimate of drug-likeness (QED) is 0.841. The van der Waals surface area contributed by atoms with Crippen molar-refractivity contribution in [2.45, 2.75) is 13.8 Å². The molecule has 21 heavy (non-hydrogen) atoms. The van der Waals surface area contributed by atoms with Crippen LogP contribution in [0.4, 0.5) is 4.39 Å². The van der Waals surface area contributed by atoms with Crippen molar-refractivity contribution in [3.8, 4) is 11.8 Å². The molecular weight excluding hydrogens is 265 g/mol.